The molecule has 1 heterocycles. The van der Waals surface area contributed by atoms with Crippen molar-refractivity contribution in [1.29, 1.82) is 0 Å². The molecule has 0 aliphatic carbocycles. The second-order valence-corrected chi connectivity index (χ2v) is 10.1. The average molecular weight is 474 g/mol. The maximum atomic E-state index is 13.4. The van der Waals surface area contributed by atoms with Crippen molar-refractivity contribution < 1.29 is 22.7 Å². The van der Waals surface area contributed by atoms with E-state index in [0.717, 1.165) is 5.56 Å². The van der Waals surface area contributed by atoms with Gasteiger partial charge in [-0.2, -0.15) is 4.31 Å². The summed E-state index contributed by atoms with van der Waals surface area (Å²) < 4.78 is 33.5. The van der Waals surface area contributed by atoms with Crippen LogP contribution in [-0.2, 0) is 19.6 Å². The molecule has 2 amide bonds. The minimum Gasteiger partial charge on any atom is -0.494 e. The molecular formula is C24H31N3O5S. The van der Waals surface area contributed by atoms with E-state index in [1.807, 2.05) is 26.0 Å². The lowest BCUT2D eigenvalue weighted by Crippen LogP contribution is -2.47. The molecule has 3 rings (SSSR count). The topological polar surface area (TPSA) is 105 Å². The first-order valence-electron chi connectivity index (χ1n) is 11.0. The van der Waals surface area contributed by atoms with Crippen molar-refractivity contribution in [1.82, 2.24) is 9.62 Å². The molecule has 1 unspecified atom stereocenters. The molecule has 33 heavy (non-hydrogen) atoms. The average Bonchev–Trinajstić information content (AvgIpc) is 3.24. The molecule has 2 N–H and O–H groups in total. The van der Waals surface area contributed by atoms with Crippen LogP contribution in [0.3, 0.4) is 0 Å². The molecule has 1 aliphatic rings. The first kappa shape index (κ1) is 24.7. The van der Waals surface area contributed by atoms with Gasteiger partial charge in [-0.3, -0.25) is 9.59 Å². The van der Waals surface area contributed by atoms with Gasteiger partial charge in [0, 0.05) is 12.2 Å². The van der Waals surface area contributed by atoms with Gasteiger partial charge in [-0.25, -0.2) is 8.42 Å². The molecule has 0 radical (unpaired) electrons. The Morgan fingerprint density at radius 1 is 1.09 bits per heavy atom. The lowest BCUT2D eigenvalue weighted by atomic mass is 10.1. The minimum atomic E-state index is -3.85. The van der Waals surface area contributed by atoms with Gasteiger partial charge in [0.15, 0.2) is 0 Å². The molecular weight excluding hydrogens is 442 g/mol. The van der Waals surface area contributed by atoms with Crippen molar-refractivity contribution in [3.63, 3.8) is 0 Å². The minimum absolute atomic E-state index is 0.251. The largest absolute Gasteiger partial charge is 0.494 e. The monoisotopic (exact) mass is 473 g/mol. The van der Waals surface area contributed by atoms with Crippen molar-refractivity contribution >= 4 is 27.5 Å². The Morgan fingerprint density at radius 3 is 2.33 bits per heavy atom. The van der Waals surface area contributed by atoms with Gasteiger partial charge >= 0.3 is 0 Å². The number of anilines is 1. The van der Waals surface area contributed by atoms with Gasteiger partial charge in [0.05, 0.1) is 18.0 Å². The highest BCUT2D eigenvalue weighted by atomic mass is 32.2. The van der Waals surface area contributed by atoms with E-state index < -0.39 is 27.9 Å². The van der Waals surface area contributed by atoms with Gasteiger partial charge < -0.3 is 15.4 Å². The van der Waals surface area contributed by atoms with Crippen LogP contribution in [-0.4, -0.2) is 50.3 Å². The number of carbonyl (C=O) groups excluding carboxylic acids is 2. The molecule has 0 spiro atoms. The van der Waals surface area contributed by atoms with Crippen LogP contribution >= 0.6 is 0 Å². The van der Waals surface area contributed by atoms with Crippen molar-refractivity contribution in [3.8, 4) is 5.75 Å². The van der Waals surface area contributed by atoms with E-state index in [0.29, 0.717) is 42.0 Å². The highest BCUT2D eigenvalue weighted by molar-refractivity contribution is 7.89. The zero-order valence-electron chi connectivity index (χ0n) is 19.5. The first-order chi connectivity index (χ1) is 15.6. The molecule has 178 valence electrons. The number of rotatable bonds is 8. The third-order valence-corrected chi connectivity index (χ3v) is 7.76. The van der Waals surface area contributed by atoms with Crippen LogP contribution in [0.5, 0.6) is 5.75 Å². The molecule has 1 atom stereocenters. The smallest absolute Gasteiger partial charge is 0.244 e. The summed E-state index contributed by atoms with van der Waals surface area (Å²) >= 11 is 0. The molecule has 0 bridgehead atoms. The third kappa shape index (κ3) is 5.72. The number of sulfonamides is 1. The maximum absolute atomic E-state index is 13.4. The standard InChI is InChI=1S/C24H31N3O5S/c1-5-32-20-10-8-19(9-11-20)26-22(28)15-25-24(29)21-7-6-12-27(21)33(30,31)23-17(3)13-16(2)14-18(23)4/h8-11,13-14,21H,5-7,12,15H2,1-4H3,(H,25,29)(H,26,28). The van der Waals surface area contributed by atoms with E-state index in [4.69, 9.17) is 4.74 Å². The van der Waals surface area contributed by atoms with Crippen LogP contribution in [0.2, 0.25) is 0 Å². The maximum Gasteiger partial charge on any atom is 0.244 e. The van der Waals surface area contributed by atoms with E-state index >= 15 is 0 Å². The van der Waals surface area contributed by atoms with Gasteiger partial charge in [-0.1, -0.05) is 17.7 Å². The molecule has 0 aromatic heterocycles. The Kier molecular flexibility index (Phi) is 7.76. The summed E-state index contributed by atoms with van der Waals surface area (Å²) in [5, 5.41) is 5.29. The molecule has 0 saturated carbocycles. The molecule has 9 heteroatoms. The number of hydrogen-bond acceptors (Lipinski definition) is 5. The number of ether oxygens (including phenoxy) is 1. The van der Waals surface area contributed by atoms with Crippen molar-refractivity contribution in [2.45, 2.75) is 51.5 Å². The number of aryl methyl sites for hydroxylation is 3. The molecule has 1 aliphatic heterocycles. The highest BCUT2D eigenvalue weighted by Crippen LogP contribution is 2.30. The molecule has 1 saturated heterocycles. The van der Waals surface area contributed by atoms with E-state index in [9.17, 15) is 18.0 Å². The SMILES string of the molecule is CCOc1ccc(NC(=O)CNC(=O)C2CCCN2S(=O)(=O)c2c(C)cc(C)cc2C)cc1. The second kappa shape index (κ2) is 10.4. The first-order valence-corrected chi connectivity index (χ1v) is 12.5. The Balaban J connectivity index is 1.64. The number of benzene rings is 2. The van der Waals surface area contributed by atoms with Crippen molar-refractivity contribution in [3.05, 3.63) is 53.1 Å². The summed E-state index contributed by atoms with van der Waals surface area (Å²) in [6.07, 6.45) is 0.995. The van der Waals surface area contributed by atoms with E-state index in [1.54, 1.807) is 38.1 Å². The fourth-order valence-electron chi connectivity index (χ4n) is 4.27. The lowest BCUT2D eigenvalue weighted by molar-refractivity contribution is -0.126. The van der Waals surface area contributed by atoms with Crippen LogP contribution in [0, 0.1) is 20.8 Å². The number of nitrogens with one attached hydrogen (secondary N) is 2. The summed E-state index contributed by atoms with van der Waals surface area (Å²) in [6.45, 7) is 7.91. The summed E-state index contributed by atoms with van der Waals surface area (Å²) in [7, 11) is -3.85. The lowest BCUT2D eigenvalue weighted by Gasteiger charge is -2.25. The Hall–Kier alpha value is -2.91. The summed E-state index contributed by atoms with van der Waals surface area (Å²) in [5.41, 5.74) is 2.88. The van der Waals surface area contributed by atoms with Crippen LogP contribution < -0.4 is 15.4 Å². The molecule has 8 nitrogen and oxygen atoms in total. The zero-order valence-corrected chi connectivity index (χ0v) is 20.3. The van der Waals surface area contributed by atoms with Gasteiger partial charge in [-0.15, -0.1) is 0 Å². The fraction of sp³-hybridized carbons (Fsp3) is 0.417. The summed E-state index contributed by atoms with van der Waals surface area (Å²) in [4.78, 5) is 25.3. The van der Waals surface area contributed by atoms with Gasteiger partial charge in [0.2, 0.25) is 21.8 Å². The normalized spacial score (nSPS) is 16.4. The third-order valence-electron chi connectivity index (χ3n) is 5.55. The highest BCUT2D eigenvalue weighted by Gasteiger charge is 2.40. The Bertz CT molecular complexity index is 1110. The Morgan fingerprint density at radius 2 is 1.73 bits per heavy atom. The number of carbonyl (C=O) groups is 2. The number of amides is 2. The van der Waals surface area contributed by atoms with Crippen LogP contribution in [0.1, 0.15) is 36.5 Å². The van der Waals surface area contributed by atoms with E-state index in [2.05, 4.69) is 10.6 Å². The van der Waals surface area contributed by atoms with Gasteiger partial charge in [0.1, 0.15) is 11.8 Å². The van der Waals surface area contributed by atoms with Gasteiger partial charge in [0.25, 0.3) is 0 Å². The van der Waals surface area contributed by atoms with Crippen LogP contribution in [0.15, 0.2) is 41.3 Å². The van der Waals surface area contributed by atoms with Crippen LogP contribution in [0.25, 0.3) is 0 Å². The predicted molar refractivity (Wildman–Crippen MR) is 127 cm³/mol. The van der Waals surface area contributed by atoms with Crippen molar-refractivity contribution in [2.24, 2.45) is 0 Å². The van der Waals surface area contributed by atoms with E-state index in [-0.39, 0.29) is 18.0 Å². The molecule has 2 aromatic rings. The van der Waals surface area contributed by atoms with Crippen molar-refractivity contribution in [2.75, 3.05) is 25.0 Å². The van der Waals surface area contributed by atoms with Gasteiger partial charge in [-0.05, 0) is 75.9 Å². The zero-order chi connectivity index (χ0) is 24.2. The fourth-order valence-corrected chi connectivity index (χ4v) is 6.34. The number of hydrogen-bond donors (Lipinski definition) is 2. The number of nitrogens with zero attached hydrogens (tertiary/aromatic N) is 1. The second-order valence-electron chi connectivity index (χ2n) is 8.22. The van der Waals surface area contributed by atoms with Crippen LogP contribution in [0.4, 0.5) is 5.69 Å². The van der Waals surface area contributed by atoms with E-state index in [1.165, 1.54) is 4.31 Å². The Labute approximate surface area is 195 Å². The predicted octanol–water partition coefficient (Wildman–Crippen LogP) is 2.92. The summed E-state index contributed by atoms with van der Waals surface area (Å²) in [5.74, 6) is -0.171. The molecule has 1 fully saturated rings. The quantitative estimate of drug-likeness (QED) is 0.613. The molecule has 2 aromatic carbocycles. The summed E-state index contributed by atoms with van der Waals surface area (Å²) in [6, 6.07) is 9.73.